The first-order valence-corrected chi connectivity index (χ1v) is 6.52. The van der Waals surface area contributed by atoms with Gasteiger partial charge in [0.2, 0.25) is 0 Å². The summed E-state index contributed by atoms with van der Waals surface area (Å²) in [6.07, 6.45) is -0.254. The Bertz CT molecular complexity index is 682. The Morgan fingerprint density at radius 3 is 2.43 bits per heavy atom. The van der Waals surface area contributed by atoms with Crippen LogP contribution in [0, 0.1) is 0 Å². The summed E-state index contributed by atoms with van der Waals surface area (Å²) in [5.41, 5.74) is -0.983. The number of rotatable bonds is 3. The molecule has 2 heterocycles. The molecule has 0 spiro atoms. The highest BCUT2D eigenvalue weighted by atomic mass is 16.6. The lowest BCUT2D eigenvalue weighted by Gasteiger charge is -2.32. The van der Waals surface area contributed by atoms with Gasteiger partial charge in [0.05, 0.1) is 0 Å². The van der Waals surface area contributed by atoms with Crippen molar-refractivity contribution in [1.82, 2.24) is 13.9 Å². The SMILES string of the molecule is CC(=O)OC[C@@H]1[C@@H](OC(C)=O)CCn2c(=O)n(C)c(=O)n21. The van der Waals surface area contributed by atoms with Crippen molar-refractivity contribution in [3.63, 3.8) is 0 Å². The average molecular weight is 299 g/mol. The summed E-state index contributed by atoms with van der Waals surface area (Å²) in [5.74, 6) is -1.01. The fraction of sp³-hybridized carbons (Fsp3) is 0.667. The third kappa shape index (κ3) is 2.76. The number of hydrogen-bond donors (Lipinski definition) is 0. The van der Waals surface area contributed by atoms with Gasteiger partial charge in [0.15, 0.2) is 0 Å². The molecule has 116 valence electrons. The molecular weight excluding hydrogens is 282 g/mol. The van der Waals surface area contributed by atoms with Crippen molar-refractivity contribution in [2.75, 3.05) is 6.61 Å². The number of fused-ring (bicyclic) bond motifs is 1. The van der Waals surface area contributed by atoms with Gasteiger partial charge < -0.3 is 9.47 Å². The molecule has 0 bridgehead atoms. The zero-order chi connectivity index (χ0) is 15.7. The molecule has 0 N–H and O–H groups in total. The molecule has 1 aliphatic rings. The molecule has 1 aliphatic heterocycles. The Morgan fingerprint density at radius 2 is 1.86 bits per heavy atom. The Kier molecular flexibility index (Phi) is 4.01. The maximum Gasteiger partial charge on any atom is 0.347 e. The van der Waals surface area contributed by atoms with Crippen molar-refractivity contribution in [2.45, 2.75) is 39.0 Å². The topological polar surface area (TPSA) is 102 Å². The molecule has 0 saturated heterocycles. The average Bonchev–Trinajstić information content (AvgIpc) is 2.62. The highest BCUT2D eigenvalue weighted by Gasteiger charge is 2.35. The van der Waals surface area contributed by atoms with Crippen molar-refractivity contribution in [1.29, 1.82) is 0 Å². The molecule has 0 radical (unpaired) electrons. The van der Waals surface area contributed by atoms with E-state index in [0.29, 0.717) is 6.42 Å². The second kappa shape index (κ2) is 5.58. The van der Waals surface area contributed by atoms with Gasteiger partial charge in [-0.25, -0.2) is 23.5 Å². The minimum absolute atomic E-state index is 0.142. The summed E-state index contributed by atoms with van der Waals surface area (Å²) >= 11 is 0. The summed E-state index contributed by atoms with van der Waals surface area (Å²) in [6, 6.07) is -0.715. The maximum absolute atomic E-state index is 12.1. The molecular formula is C12H17N3O6. The van der Waals surface area contributed by atoms with Crippen molar-refractivity contribution in [3.05, 3.63) is 21.0 Å². The van der Waals surface area contributed by atoms with Gasteiger partial charge >= 0.3 is 23.3 Å². The van der Waals surface area contributed by atoms with E-state index in [2.05, 4.69) is 0 Å². The molecule has 9 heteroatoms. The standard InChI is InChI=1S/C12H17N3O6/c1-7(16)20-6-9-10(21-8(2)17)4-5-14-11(18)13(3)12(19)15(9)14/h9-10H,4-6H2,1-3H3/t9-,10+/m1/s1. The van der Waals surface area contributed by atoms with Crippen molar-refractivity contribution in [3.8, 4) is 0 Å². The van der Waals surface area contributed by atoms with Crippen LogP contribution in [-0.2, 0) is 32.7 Å². The van der Waals surface area contributed by atoms with Crippen molar-refractivity contribution >= 4 is 11.9 Å². The zero-order valence-electron chi connectivity index (χ0n) is 12.1. The van der Waals surface area contributed by atoms with E-state index in [4.69, 9.17) is 9.47 Å². The lowest BCUT2D eigenvalue weighted by Crippen LogP contribution is -2.45. The number of ether oxygens (including phenoxy) is 2. The predicted octanol–water partition coefficient (Wildman–Crippen LogP) is -1.21. The van der Waals surface area contributed by atoms with E-state index in [1.54, 1.807) is 0 Å². The summed E-state index contributed by atoms with van der Waals surface area (Å²) in [7, 11) is 1.37. The van der Waals surface area contributed by atoms with Crippen molar-refractivity contribution in [2.24, 2.45) is 7.05 Å². The van der Waals surface area contributed by atoms with Gasteiger partial charge in [-0.15, -0.1) is 0 Å². The zero-order valence-corrected chi connectivity index (χ0v) is 12.1. The molecule has 21 heavy (non-hydrogen) atoms. The van der Waals surface area contributed by atoms with Gasteiger partial charge in [0.25, 0.3) is 0 Å². The summed E-state index contributed by atoms with van der Waals surface area (Å²) in [5, 5.41) is 0. The lowest BCUT2D eigenvalue weighted by atomic mass is 10.1. The second-order valence-electron chi connectivity index (χ2n) is 4.90. The molecule has 0 fully saturated rings. The van der Waals surface area contributed by atoms with Crippen LogP contribution in [0.25, 0.3) is 0 Å². The third-order valence-electron chi connectivity index (χ3n) is 3.39. The van der Waals surface area contributed by atoms with E-state index in [9.17, 15) is 19.2 Å². The van der Waals surface area contributed by atoms with E-state index < -0.39 is 35.5 Å². The molecule has 0 unspecified atom stereocenters. The quantitative estimate of drug-likeness (QED) is 0.649. The van der Waals surface area contributed by atoms with Crippen LogP contribution in [0.1, 0.15) is 26.3 Å². The Balaban J connectivity index is 2.44. The largest absolute Gasteiger partial charge is 0.463 e. The first-order valence-electron chi connectivity index (χ1n) is 6.52. The monoisotopic (exact) mass is 299 g/mol. The molecule has 1 aromatic rings. The number of nitrogens with zero attached hydrogens (tertiary/aromatic N) is 3. The van der Waals surface area contributed by atoms with E-state index in [0.717, 1.165) is 4.57 Å². The lowest BCUT2D eigenvalue weighted by molar-refractivity contribution is -0.155. The van der Waals surface area contributed by atoms with E-state index >= 15 is 0 Å². The summed E-state index contributed by atoms with van der Waals surface area (Å²) in [6.45, 7) is 2.61. The second-order valence-corrected chi connectivity index (χ2v) is 4.90. The van der Waals surface area contributed by atoms with E-state index in [1.807, 2.05) is 0 Å². The van der Waals surface area contributed by atoms with Gasteiger partial charge in [-0.2, -0.15) is 0 Å². The molecule has 0 aliphatic carbocycles. The number of esters is 2. The molecule has 1 aromatic heterocycles. The normalized spacial score (nSPS) is 20.7. The van der Waals surface area contributed by atoms with Crippen LogP contribution in [0.5, 0.6) is 0 Å². The van der Waals surface area contributed by atoms with Crippen LogP contribution >= 0.6 is 0 Å². The van der Waals surface area contributed by atoms with Gasteiger partial charge in [0, 0.05) is 33.9 Å². The van der Waals surface area contributed by atoms with E-state index in [-0.39, 0.29) is 13.2 Å². The first kappa shape index (κ1) is 15.1. The Morgan fingerprint density at radius 1 is 1.19 bits per heavy atom. The fourth-order valence-electron chi connectivity index (χ4n) is 2.46. The van der Waals surface area contributed by atoms with Crippen LogP contribution in [0.2, 0.25) is 0 Å². The van der Waals surface area contributed by atoms with Crippen LogP contribution in [0.3, 0.4) is 0 Å². The molecule has 0 amide bonds. The van der Waals surface area contributed by atoms with Crippen molar-refractivity contribution < 1.29 is 19.1 Å². The highest BCUT2D eigenvalue weighted by molar-refractivity contribution is 5.66. The molecule has 9 nitrogen and oxygen atoms in total. The van der Waals surface area contributed by atoms with Crippen LogP contribution in [0.15, 0.2) is 9.59 Å². The Labute approximate surface area is 119 Å². The van der Waals surface area contributed by atoms with Crippen LogP contribution in [0.4, 0.5) is 0 Å². The fourth-order valence-corrected chi connectivity index (χ4v) is 2.46. The maximum atomic E-state index is 12.1. The van der Waals surface area contributed by atoms with Gasteiger partial charge in [-0.1, -0.05) is 0 Å². The van der Waals surface area contributed by atoms with Crippen LogP contribution in [-0.4, -0.2) is 38.6 Å². The molecule has 2 rings (SSSR count). The minimum Gasteiger partial charge on any atom is -0.463 e. The predicted molar refractivity (Wildman–Crippen MR) is 69.8 cm³/mol. The number of carbonyl (C=O) groups is 2. The minimum atomic E-state index is -0.715. The third-order valence-corrected chi connectivity index (χ3v) is 3.39. The van der Waals surface area contributed by atoms with Gasteiger partial charge in [-0.05, 0) is 0 Å². The highest BCUT2D eigenvalue weighted by Crippen LogP contribution is 2.22. The van der Waals surface area contributed by atoms with Gasteiger partial charge in [0.1, 0.15) is 18.8 Å². The first-order chi connectivity index (χ1) is 9.82. The molecule has 0 saturated carbocycles. The summed E-state index contributed by atoms with van der Waals surface area (Å²) in [4.78, 5) is 46.2. The molecule has 0 aromatic carbocycles. The Hall–Kier alpha value is -2.32. The smallest absolute Gasteiger partial charge is 0.347 e. The van der Waals surface area contributed by atoms with Crippen LogP contribution < -0.4 is 11.4 Å². The number of aromatic nitrogens is 3. The molecule has 2 atom stereocenters. The number of hydrogen-bond acceptors (Lipinski definition) is 6. The number of carbonyl (C=O) groups excluding carboxylic acids is 2. The van der Waals surface area contributed by atoms with Gasteiger partial charge in [-0.3, -0.25) is 9.59 Å². The van der Waals surface area contributed by atoms with E-state index in [1.165, 1.54) is 30.3 Å². The summed E-state index contributed by atoms with van der Waals surface area (Å²) < 4.78 is 13.6.